The van der Waals surface area contributed by atoms with E-state index in [0.717, 1.165) is 0 Å². The fourth-order valence-electron chi connectivity index (χ4n) is 0.788. The van der Waals surface area contributed by atoms with Gasteiger partial charge in [0.2, 0.25) is 0 Å². The first kappa shape index (κ1) is 12.3. The van der Waals surface area contributed by atoms with Crippen LogP contribution in [-0.2, 0) is 0 Å². The molecule has 0 unspecified atom stereocenters. The van der Waals surface area contributed by atoms with Gasteiger partial charge in [-0.15, -0.1) is 0 Å². The van der Waals surface area contributed by atoms with Crippen molar-refractivity contribution in [1.82, 2.24) is 0 Å². The van der Waals surface area contributed by atoms with Crippen LogP contribution in [0.2, 0.25) is 0 Å². The van der Waals surface area contributed by atoms with Gasteiger partial charge in [0.25, 0.3) is 0 Å². The van der Waals surface area contributed by atoms with Crippen LogP contribution >= 0.6 is 0 Å². The van der Waals surface area contributed by atoms with Crippen LogP contribution in [-0.4, -0.2) is 14.2 Å². The molecule has 9 heteroatoms. The standard InChI is InChI=1S/C6F8Se/c7-1-2(8)4(10)6(15(12,13)14)5(11)3(1)9. The molecule has 0 atom stereocenters. The third kappa shape index (κ3) is 1.93. The Hall–Kier alpha value is -0.821. The number of hydrogen-bond donors (Lipinski definition) is 0. The Kier molecular flexibility index (Phi) is 2.97. The topological polar surface area (TPSA) is 0 Å². The van der Waals surface area contributed by atoms with Gasteiger partial charge in [0, 0.05) is 0 Å². The molecule has 0 heterocycles. The molecule has 0 N–H and O–H groups in total. The fourth-order valence-corrected chi connectivity index (χ4v) is 2.02. The zero-order valence-electron chi connectivity index (χ0n) is 6.43. The molecule has 0 saturated carbocycles. The molecular formula is C6F8Se. The second-order valence-corrected chi connectivity index (χ2v) is 4.87. The zero-order valence-corrected chi connectivity index (χ0v) is 8.15. The normalized spacial score (nSPS) is 13.1. The molecule has 0 nitrogen and oxygen atoms in total. The van der Waals surface area contributed by atoms with Gasteiger partial charge in [-0.05, 0) is 0 Å². The summed E-state index contributed by atoms with van der Waals surface area (Å²) in [6, 6.07) is 0. The molecule has 0 saturated heterocycles. The monoisotopic (exact) mass is 304 g/mol. The summed E-state index contributed by atoms with van der Waals surface area (Å²) >= 11 is -7.29. The summed E-state index contributed by atoms with van der Waals surface area (Å²) in [6.07, 6.45) is 0. The molecular weight excluding hydrogens is 303 g/mol. The molecule has 0 fully saturated rings. The number of halogens is 8. The number of benzene rings is 1. The molecule has 0 aromatic heterocycles. The van der Waals surface area contributed by atoms with Crippen LogP contribution in [0.4, 0.5) is 32.6 Å². The van der Waals surface area contributed by atoms with Crippen molar-refractivity contribution in [2.75, 3.05) is 0 Å². The van der Waals surface area contributed by atoms with E-state index >= 15 is 0 Å². The van der Waals surface area contributed by atoms with E-state index in [1.165, 1.54) is 0 Å². The van der Waals surface area contributed by atoms with E-state index in [1.807, 2.05) is 0 Å². The van der Waals surface area contributed by atoms with E-state index in [2.05, 4.69) is 0 Å². The van der Waals surface area contributed by atoms with Crippen molar-refractivity contribution in [3.05, 3.63) is 29.1 Å². The van der Waals surface area contributed by atoms with Gasteiger partial charge in [0.1, 0.15) is 0 Å². The minimum absolute atomic E-state index is 2.60. The van der Waals surface area contributed by atoms with Gasteiger partial charge in [0.05, 0.1) is 0 Å². The van der Waals surface area contributed by atoms with Crippen molar-refractivity contribution >= 4 is 18.7 Å². The van der Waals surface area contributed by atoms with Crippen LogP contribution in [0.15, 0.2) is 0 Å². The molecule has 0 amide bonds. The van der Waals surface area contributed by atoms with Crippen molar-refractivity contribution in [2.45, 2.75) is 0 Å². The Labute approximate surface area is 81.1 Å². The first-order valence-electron chi connectivity index (χ1n) is 3.11. The van der Waals surface area contributed by atoms with Gasteiger partial charge >= 0.3 is 80.4 Å². The van der Waals surface area contributed by atoms with Crippen LogP contribution in [0.1, 0.15) is 0 Å². The molecule has 15 heavy (non-hydrogen) atoms. The van der Waals surface area contributed by atoms with Gasteiger partial charge in [-0.3, -0.25) is 0 Å². The molecule has 1 rings (SSSR count). The van der Waals surface area contributed by atoms with E-state index in [-0.39, 0.29) is 0 Å². The molecule has 1 aromatic carbocycles. The predicted molar refractivity (Wildman–Crippen MR) is 34.9 cm³/mol. The van der Waals surface area contributed by atoms with Crippen LogP contribution in [0.3, 0.4) is 0 Å². The minimum atomic E-state index is -7.29. The van der Waals surface area contributed by atoms with Crippen molar-refractivity contribution in [3.8, 4) is 0 Å². The molecule has 1 aromatic rings. The van der Waals surface area contributed by atoms with E-state index < -0.39 is 47.8 Å². The fraction of sp³-hybridized carbons (Fsp3) is 0. The maximum atomic E-state index is 12.5. The Balaban J connectivity index is 3.68. The average Bonchev–Trinajstić information content (AvgIpc) is 2.09. The van der Waals surface area contributed by atoms with Crippen molar-refractivity contribution in [1.29, 1.82) is 0 Å². The summed E-state index contributed by atoms with van der Waals surface area (Å²) in [5.74, 6) is -13.4. The summed E-state index contributed by atoms with van der Waals surface area (Å²) in [4.78, 5) is 0. The van der Waals surface area contributed by atoms with Gasteiger partial charge < -0.3 is 0 Å². The quantitative estimate of drug-likeness (QED) is 0.323. The van der Waals surface area contributed by atoms with E-state index in [4.69, 9.17) is 0 Å². The first-order chi connectivity index (χ1) is 6.68. The Morgan fingerprint density at radius 2 is 0.800 bits per heavy atom. The van der Waals surface area contributed by atoms with Crippen molar-refractivity contribution in [3.63, 3.8) is 0 Å². The third-order valence-corrected chi connectivity index (χ3v) is 3.12. The van der Waals surface area contributed by atoms with Crippen LogP contribution in [0.25, 0.3) is 0 Å². The first-order valence-corrected chi connectivity index (χ1v) is 5.91. The van der Waals surface area contributed by atoms with Crippen molar-refractivity contribution < 1.29 is 32.6 Å². The summed E-state index contributed by atoms with van der Waals surface area (Å²) in [5, 5.41) is 0. The second kappa shape index (κ2) is 3.64. The molecule has 0 aliphatic carbocycles. The number of rotatable bonds is 1. The third-order valence-electron chi connectivity index (χ3n) is 1.40. The van der Waals surface area contributed by atoms with Crippen LogP contribution < -0.4 is 4.46 Å². The van der Waals surface area contributed by atoms with Crippen molar-refractivity contribution in [2.24, 2.45) is 0 Å². The maximum absolute atomic E-state index is 12.5. The summed E-state index contributed by atoms with van der Waals surface area (Å²) < 4.78 is 95.3. The summed E-state index contributed by atoms with van der Waals surface area (Å²) in [5.41, 5.74) is 0. The van der Waals surface area contributed by atoms with Gasteiger partial charge in [-0.2, -0.15) is 0 Å². The molecule has 0 bridgehead atoms. The molecule has 0 spiro atoms. The SMILES string of the molecule is Fc1c(F)c(F)c([Se](F)(F)F)c(F)c1F. The molecule has 86 valence electrons. The molecule has 0 radical (unpaired) electrons. The Morgan fingerprint density at radius 1 is 0.533 bits per heavy atom. The van der Waals surface area contributed by atoms with Crippen LogP contribution in [0, 0.1) is 29.1 Å². The average molecular weight is 303 g/mol. The predicted octanol–water partition coefficient (Wildman–Crippen LogP) is 2.44. The van der Waals surface area contributed by atoms with Gasteiger partial charge in [-0.25, -0.2) is 0 Å². The summed E-state index contributed by atoms with van der Waals surface area (Å²) in [6.45, 7) is 0. The van der Waals surface area contributed by atoms with Gasteiger partial charge in [-0.1, -0.05) is 0 Å². The Bertz CT molecular complexity index is 380. The zero-order chi connectivity index (χ0) is 12.0. The van der Waals surface area contributed by atoms with Crippen LogP contribution in [0.5, 0.6) is 0 Å². The van der Waals surface area contributed by atoms with E-state index in [1.54, 1.807) is 0 Å². The Morgan fingerprint density at radius 3 is 1.07 bits per heavy atom. The second-order valence-electron chi connectivity index (χ2n) is 2.31. The number of hydrogen-bond acceptors (Lipinski definition) is 0. The van der Waals surface area contributed by atoms with Gasteiger partial charge in [0.15, 0.2) is 0 Å². The van der Waals surface area contributed by atoms with E-state index in [9.17, 15) is 32.6 Å². The summed E-state index contributed by atoms with van der Waals surface area (Å²) in [7, 11) is 0. The molecule has 0 aliphatic heterocycles. The van der Waals surface area contributed by atoms with E-state index in [0.29, 0.717) is 0 Å². The molecule has 0 aliphatic rings.